The average Bonchev–Trinajstić information content (AvgIpc) is 3.17. The van der Waals surface area contributed by atoms with Gasteiger partial charge in [0.25, 0.3) is 0 Å². The number of thioether (sulfide) groups is 1. The van der Waals surface area contributed by atoms with Gasteiger partial charge >= 0.3 is 0 Å². The van der Waals surface area contributed by atoms with Crippen LogP contribution >= 0.6 is 11.8 Å². The predicted molar refractivity (Wildman–Crippen MR) is 82.9 cm³/mol. The number of ether oxygens (including phenoxy) is 1. The molecule has 2 heterocycles. The van der Waals surface area contributed by atoms with E-state index >= 15 is 0 Å². The van der Waals surface area contributed by atoms with Crippen molar-refractivity contribution in [3.63, 3.8) is 0 Å². The Balaban J connectivity index is 1.81. The van der Waals surface area contributed by atoms with Gasteiger partial charge in [0.2, 0.25) is 0 Å². The molecule has 1 aromatic rings. The van der Waals surface area contributed by atoms with Gasteiger partial charge in [-0.2, -0.15) is 11.8 Å². The van der Waals surface area contributed by atoms with Crippen LogP contribution in [-0.4, -0.2) is 34.3 Å². The predicted octanol–water partition coefficient (Wildman–Crippen LogP) is 2.77. The lowest BCUT2D eigenvalue weighted by molar-refractivity contribution is 0.179. The van der Waals surface area contributed by atoms with E-state index < -0.39 is 0 Å². The van der Waals surface area contributed by atoms with Crippen molar-refractivity contribution in [1.29, 1.82) is 0 Å². The summed E-state index contributed by atoms with van der Waals surface area (Å²) in [5, 5.41) is 0.698. The topological polar surface area (TPSA) is 53.1 Å². The highest BCUT2D eigenvalue weighted by Crippen LogP contribution is 2.38. The van der Waals surface area contributed by atoms with E-state index in [2.05, 4.69) is 15.8 Å². The molecule has 1 saturated heterocycles. The van der Waals surface area contributed by atoms with Crippen LogP contribution in [0.25, 0.3) is 0 Å². The Labute approximate surface area is 125 Å². The smallest absolute Gasteiger partial charge is 0.0951 e. The summed E-state index contributed by atoms with van der Waals surface area (Å²) in [5.74, 6) is 0.446. The van der Waals surface area contributed by atoms with Crippen molar-refractivity contribution in [1.82, 2.24) is 9.55 Å². The number of nitrogens with zero attached hydrogens (tertiary/aromatic N) is 2. The van der Waals surface area contributed by atoms with Gasteiger partial charge in [-0.3, -0.25) is 0 Å². The maximum atomic E-state index is 6.49. The van der Waals surface area contributed by atoms with Crippen LogP contribution in [0.15, 0.2) is 12.5 Å². The highest BCUT2D eigenvalue weighted by Gasteiger charge is 2.31. The van der Waals surface area contributed by atoms with Crippen molar-refractivity contribution in [2.24, 2.45) is 11.7 Å². The summed E-state index contributed by atoms with van der Waals surface area (Å²) in [5.41, 5.74) is 7.69. The molecule has 4 unspecified atom stereocenters. The first-order chi connectivity index (χ1) is 9.81. The van der Waals surface area contributed by atoms with Gasteiger partial charge in [-0.05, 0) is 25.5 Å². The van der Waals surface area contributed by atoms with Crippen LogP contribution in [0.3, 0.4) is 0 Å². The van der Waals surface area contributed by atoms with E-state index in [-0.39, 0.29) is 6.04 Å². The molecular weight excluding hydrogens is 270 g/mol. The van der Waals surface area contributed by atoms with Crippen molar-refractivity contribution in [2.75, 3.05) is 19.5 Å². The Morgan fingerprint density at radius 2 is 2.25 bits per heavy atom. The van der Waals surface area contributed by atoms with Crippen LogP contribution in [0, 0.1) is 5.92 Å². The summed E-state index contributed by atoms with van der Waals surface area (Å²) in [7, 11) is 0. The zero-order valence-corrected chi connectivity index (χ0v) is 13.0. The first-order valence-electron chi connectivity index (χ1n) is 7.69. The normalized spacial score (nSPS) is 32.4. The van der Waals surface area contributed by atoms with Crippen LogP contribution in [0.2, 0.25) is 0 Å². The molecule has 112 valence electrons. The first kappa shape index (κ1) is 14.4. The lowest BCUT2D eigenvalue weighted by Crippen LogP contribution is -2.30. The van der Waals surface area contributed by atoms with Crippen LogP contribution < -0.4 is 5.73 Å². The molecule has 20 heavy (non-hydrogen) atoms. The number of hydrogen-bond donors (Lipinski definition) is 1. The highest BCUT2D eigenvalue weighted by atomic mass is 32.2. The molecule has 0 bridgehead atoms. The number of nitrogens with two attached hydrogens (primary N) is 1. The maximum absolute atomic E-state index is 6.49. The summed E-state index contributed by atoms with van der Waals surface area (Å²) >= 11 is 1.99. The summed E-state index contributed by atoms with van der Waals surface area (Å²) in [4.78, 5) is 4.39. The molecule has 1 aliphatic carbocycles. The standard InChI is InChI=1S/C15H25N3OS/c1-20-14-5-3-2-4-12(14)18-10-17-8-13(18)15(16)11-6-7-19-9-11/h8,10-12,14-15H,2-7,9,16H2,1H3. The van der Waals surface area contributed by atoms with Crippen molar-refractivity contribution in [2.45, 2.75) is 49.4 Å². The van der Waals surface area contributed by atoms with E-state index in [4.69, 9.17) is 10.5 Å². The summed E-state index contributed by atoms with van der Waals surface area (Å²) in [6.45, 7) is 1.65. The maximum Gasteiger partial charge on any atom is 0.0951 e. The second-order valence-corrected chi connectivity index (χ2v) is 7.08. The largest absolute Gasteiger partial charge is 0.381 e. The third-order valence-electron chi connectivity index (χ3n) is 4.84. The fourth-order valence-corrected chi connectivity index (χ4v) is 4.58. The zero-order chi connectivity index (χ0) is 13.9. The summed E-state index contributed by atoms with van der Waals surface area (Å²) in [6, 6.07) is 0.619. The van der Waals surface area contributed by atoms with Gasteiger partial charge in [-0.25, -0.2) is 4.98 Å². The molecule has 4 atom stereocenters. The van der Waals surface area contributed by atoms with Gasteiger partial charge in [0.1, 0.15) is 0 Å². The molecular formula is C15H25N3OS. The van der Waals surface area contributed by atoms with Crippen molar-refractivity contribution in [3.8, 4) is 0 Å². The van der Waals surface area contributed by atoms with E-state index in [0.29, 0.717) is 17.2 Å². The molecule has 0 spiro atoms. The second-order valence-electron chi connectivity index (χ2n) is 6.00. The molecule has 0 aromatic carbocycles. The quantitative estimate of drug-likeness (QED) is 0.928. The minimum absolute atomic E-state index is 0.0597. The third kappa shape index (κ3) is 2.76. The van der Waals surface area contributed by atoms with Gasteiger partial charge in [0.05, 0.1) is 24.7 Å². The van der Waals surface area contributed by atoms with Gasteiger partial charge in [-0.15, -0.1) is 0 Å². The fraction of sp³-hybridized carbons (Fsp3) is 0.800. The van der Waals surface area contributed by atoms with Gasteiger partial charge < -0.3 is 15.0 Å². The molecule has 5 heteroatoms. The van der Waals surface area contributed by atoms with E-state index in [9.17, 15) is 0 Å². The van der Waals surface area contributed by atoms with Crippen LogP contribution in [0.4, 0.5) is 0 Å². The molecule has 0 amide bonds. The molecule has 1 saturated carbocycles. The van der Waals surface area contributed by atoms with E-state index in [0.717, 1.165) is 19.6 Å². The molecule has 1 aliphatic heterocycles. The third-order valence-corrected chi connectivity index (χ3v) is 5.99. The molecule has 2 N–H and O–H groups in total. The number of imidazole rings is 1. The number of hydrogen-bond acceptors (Lipinski definition) is 4. The molecule has 2 fully saturated rings. The number of aromatic nitrogens is 2. The highest BCUT2D eigenvalue weighted by molar-refractivity contribution is 7.99. The van der Waals surface area contributed by atoms with Gasteiger partial charge in [-0.1, -0.05) is 12.8 Å². The Hall–Kier alpha value is -0.520. The Kier molecular flexibility index (Phi) is 4.68. The molecule has 1 aromatic heterocycles. The monoisotopic (exact) mass is 295 g/mol. The molecule has 3 rings (SSSR count). The summed E-state index contributed by atoms with van der Waals surface area (Å²) in [6.07, 6.45) is 12.5. The van der Waals surface area contributed by atoms with Crippen LogP contribution in [0.1, 0.15) is 49.9 Å². The lowest BCUT2D eigenvalue weighted by Gasteiger charge is -2.33. The SMILES string of the molecule is CSC1CCCCC1n1cncc1C(N)C1CCOC1. The minimum atomic E-state index is 0.0597. The van der Waals surface area contributed by atoms with E-state index in [1.165, 1.54) is 31.4 Å². The van der Waals surface area contributed by atoms with Crippen molar-refractivity contribution < 1.29 is 4.74 Å². The average molecular weight is 295 g/mol. The van der Waals surface area contributed by atoms with Crippen molar-refractivity contribution in [3.05, 3.63) is 18.2 Å². The fourth-order valence-electron chi connectivity index (χ4n) is 3.60. The van der Waals surface area contributed by atoms with Crippen LogP contribution in [0.5, 0.6) is 0 Å². The van der Waals surface area contributed by atoms with E-state index in [1.54, 1.807) is 0 Å². The zero-order valence-electron chi connectivity index (χ0n) is 12.2. The Morgan fingerprint density at radius 3 is 3.00 bits per heavy atom. The Bertz CT molecular complexity index is 431. The molecule has 2 aliphatic rings. The Morgan fingerprint density at radius 1 is 1.40 bits per heavy atom. The molecule has 4 nitrogen and oxygen atoms in total. The molecule has 0 radical (unpaired) electrons. The van der Waals surface area contributed by atoms with Crippen LogP contribution in [-0.2, 0) is 4.74 Å². The lowest BCUT2D eigenvalue weighted by atomic mass is 9.92. The first-order valence-corrected chi connectivity index (χ1v) is 8.98. The number of rotatable bonds is 4. The summed E-state index contributed by atoms with van der Waals surface area (Å²) < 4.78 is 7.85. The van der Waals surface area contributed by atoms with Gasteiger partial charge in [0.15, 0.2) is 0 Å². The van der Waals surface area contributed by atoms with E-state index in [1.807, 2.05) is 24.3 Å². The second kappa shape index (κ2) is 6.50. The van der Waals surface area contributed by atoms with Gasteiger partial charge in [0, 0.05) is 30.0 Å². The van der Waals surface area contributed by atoms with Crippen molar-refractivity contribution >= 4 is 11.8 Å². The minimum Gasteiger partial charge on any atom is -0.381 e.